The lowest BCUT2D eigenvalue weighted by Gasteiger charge is -2.07. The Morgan fingerprint density at radius 2 is 1.78 bits per heavy atom. The van der Waals surface area contributed by atoms with E-state index in [1.165, 1.54) is 0 Å². The van der Waals surface area contributed by atoms with Crippen molar-refractivity contribution in [3.8, 4) is 11.4 Å². The number of benzene rings is 3. The summed E-state index contributed by atoms with van der Waals surface area (Å²) < 4.78 is 7.29. The molecule has 0 aliphatic rings. The highest BCUT2D eigenvalue weighted by Crippen LogP contribution is 2.34. The van der Waals surface area contributed by atoms with Crippen molar-refractivity contribution in [3.05, 3.63) is 87.5 Å². The van der Waals surface area contributed by atoms with Gasteiger partial charge in [0.2, 0.25) is 0 Å². The largest absolute Gasteiger partial charge is 0.459 e. The fraction of sp³-hybridized carbons (Fsp3) is 0.0833. The number of esters is 1. The molecule has 0 spiro atoms. The van der Waals surface area contributed by atoms with Crippen molar-refractivity contribution >= 4 is 62.7 Å². The average molecular weight is 485 g/mol. The molecule has 0 radical (unpaired) electrons. The van der Waals surface area contributed by atoms with Gasteiger partial charge in [-0.3, -0.25) is 4.79 Å². The number of hydrogen-bond donors (Lipinski definition) is 1. The Morgan fingerprint density at radius 1 is 1.00 bits per heavy atom. The van der Waals surface area contributed by atoms with Gasteiger partial charge in [0.05, 0.1) is 21.1 Å². The monoisotopic (exact) mass is 483 g/mol. The first-order valence-corrected chi connectivity index (χ1v) is 10.9. The van der Waals surface area contributed by atoms with Crippen LogP contribution in [0, 0.1) is 0 Å². The van der Waals surface area contributed by atoms with Crippen LogP contribution in [0.1, 0.15) is 5.56 Å². The van der Waals surface area contributed by atoms with Gasteiger partial charge in [-0.25, -0.2) is 4.98 Å². The molecular weight excluding hydrogens is 469 g/mol. The maximum Gasteiger partial charge on any atom is 0.326 e. The van der Waals surface area contributed by atoms with Gasteiger partial charge in [-0.15, -0.1) is 0 Å². The van der Waals surface area contributed by atoms with Crippen molar-refractivity contribution in [2.45, 2.75) is 13.2 Å². The number of rotatable bonds is 5. The number of ether oxygens (including phenoxy) is 1. The normalized spacial score (nSPS) is 11.3. The summed E-state index contributed by atoms with van der Waals surface area (Å²) in [7, 11) is 0. The van der Waals surface area contributed by atoms with Crippen LogP contribution in [0.3, 0.4) is 0 Å². The summed E-state index contributed by atoms with van der Waals surface area (Å²) in [5.41, 5.74) is 4.05. The third-order valence-corrected chi connectivity index (χ3v) is 6.12. The van der Waals surface area contributed by atoms with Crippen LogP contribution in [-0.2, 0) is 22.7 Å². The van der Waals surface area contributed by atoms with E-state index in [2.05, 4.69) is 9.97 Å². The Labute approximate surface area is 198 Å². The van der Waals surface area contributed by atoms with E-state index >= 15 is 0 Å². The molecule has 0 fully saturated rings. The Balaban J connectivity index is 1.49. The molecule has 0 atom stereocenters. The smallest absolute Gasteiger partial charge is 0.326 e. The van der Waals surface area contributed by atoms with Crippen LogP contribution in [0.4, 0.5) is 0 Å². The van der Waals surface area contributed by atoms with E-state index in [1.54, 1.807) is 18.2 Å². The molecule has 2 aromatic heterocycles. The highest BCUT2D eigenvalue weighted by Gasteiger charge is 2.17. The second-order valence-electron chi connectivity index (χ2n) is 7.35. The van der Waals surface area contributed by atoms with Crippen LogP contribution < -0.4 is 0 Å². The number of carbonyl (C=O) groups excluding carboxylic acids is 1. The fourth-order valence-electron chi connectivity index (χ4n) is 3.64. The maximum atomic E-state index is 12.5. The molecular formula is C24H16Cl3N3O2. The molecule has 160 valence electrons. The van der Waals surface area contributed by atoms with Crippen LogP contribution in [0.15, 0.2) is 66.9 Å². The SMILES string of the molecule is O=C(Cn1cc(-c2nc3cc(Cl)c(Cl)cc3[nH]2)c2cc(Cl)ccc21)OCc1ccccc1. The van der Waals surface area contributed by atoms with E-state index in [-0.39, 0.29) is 19.1 Å². The Morgan fingerprint density at radius 3 is 2.59 bits per heavy atom. The predicted molar refractivity (Wildman–Crippen MR) is 128 cm³/mol. The van der Waals surface area contributed by atoms with Crippen molar-refractivity contribution in [1.82, 2.24) is 14.5 Å². The second-order valence-corrected chi connectivity index (χ2v) is 8.60. The minimum Gasteiger partial charge on any atom is -0.459 e. The van der Waals surface area contributed by atoms with Crippen LogP contribution in [0.25, 0.3) is 33.3 Å². The molecule has 0 saturated heterocycles. The molecule has 1 N–H and O–H groups in total. The van der Waals surface area contributed by atoms with E-state index in [1.807, 2.05) is 53.2 Å². The quantitative estimate of drug-likeness (QED) is 0.276. The summed E-state index contributed by atoms with van der Waals surface area (Å²) in [6.45, 7) is 0.283. The molecule has 0 bridgehead atoms. The molecule has 0 aliphatic heterocycles. The van der Waals surface area contributed by atoms with E-state index in [0.717, 1.165) is 27.5 Å². The number of hydrogen-bond acceptors (Lipinski definition) is 3. The number of fused-ring (bicyclic) bond motifs is 2. The number of nitrogens with zero attached hydrogens (tertiary/aromatic N) is 2. The fourth-order valence-corrected chi connectivity index (χ4v) is 4.14. The van der Waals surface area contributed by atoms with E-state index in [9.17, 15) is 4.79 Å². The Bertz CT molecular complexity index is 1420. The molecule has 5 nitrogen and oxygen atoms in total. The maximum absolute atomic E-state index is 12.5. The highest BCUT2D eigenvalue weighted by molar-refractivity contribution is 6.42. The zero-order chi connectivity index (χ0) is 22.2. The van der Waals surface area contributed by atoms with Crippen LogP contribution >= 0.6 is 34.8 Å². The minimum atomic E-state index is -0.338. The standard InChI is InChI=1S/C24H16Cl3N3O2/c25-15-6-7-22-16(8-15)17(24-28-20-9-18(26)19(27)10-21(20)29-24)11-30(22)12-23(31)32-13-14-4-2-1-3-5-14/h1-11H,12-13H2,(H,28,29). The lowest BCUT2D eigenvalue weighted by atomic mass is 10.1. The predicted octanol–water partition coefficient (Wildman–Crippen LogP) is 6.89. The van der Waals surface area contributed by atoms with Gasteiger partial charge in [0.25, 0.3) is 0 Å². The summed E-state index contributed by atoms with van der Waals surface area (Å²) in [6, 6.07) is 18.5. The first-order valence-electron chi connectivity index (χ1n) is 9.81. The molecule has 0 aliphatic carbocycles. The number of carbonyl (C=O) groups is 1. The number of aromatic nitrogens is 3. The molecule has 5 rings (SSSR count). The van der Waals surface area contributed by atoms with Crippen LogP contribution in [0.2, 0.25) is 15.1 Å². The molecule has 32 heavy (non-hydrogen) atoms. The second kappa shape index (κ2) is 8.51. The molecule has 3 aromatic carbocycles. The lowest BCUT2D eigenvalue weighted by Crippen LogP contribution is -2.12. The molecule has 0 saturated carbocycles. The molecule has 8 heteroatoms. The molecule has 2 heterocycles. The number of aromatic amines is 1. The summed E-state index contributed by atoms with van der Waals surface area (Å²) in [6.07, 6.45) is 1.87. The van der Waals surface area contributed by atoms with Gasteiger partial charge >= 0.3 is 5.97 Å². The first kappa shape index (κ1) is 20.9. The van der Waals surface area contributed by atoms with Gasteiger partial charge in [-0.1, -0.05) is 65.1 Å². The number of imidazole rings is 1. The lowest BCUT2D eigenvalue weighted by molar-refractivity contribution is -0.145. The third-order valence-electron chi connectivity index (χ3n) is 5.16. The zero-order valence-corrected chi connectivity index (χ0v) is 18.9. The summed E-state index contributed by atoms with van der Waals surface area (Å²) in [4.78, 5) is 20.5. The Hall–Kier alpha value is -2.99. The number of halogens is 3. The van der Waals surface area contributed by atoms with Gasteiger partial charge in [0, 0.05) is 27.7 Å². The van der Waals surface area contributed by atoms with Gasteiger partial charge in [0.15, 0.2) is 0 Å². The van der Waals surface area contributed by atoms with Gasteiger partial charge in [-0.2, -0.15) is 0 Å². The van der Waals surface area contributed by atoms with Crippen molar-refractivity contribution in [2.75, 3.05) is 0 Å². The van der Waals surface area contributed by atoms with Crippen molar-refractivity contribution in [1.29, 1.82) is 0 Å². The van der Waals surface area contributed by atoms with E-state index < -0.39 is 0 Å². The molecule has 0 amide bonds. The number of nitrogens with one attached hydrogen (secondary N) is 1. The Kier molecular flexibility index (Phi) is 5.55. The topological polar surface area (TPSA) is 59.9 Å². The van der Waals surface area contributed by atoms with Gasteiger partial charge in [-0.05, 0) is 35.9 Å². The van der Waals surface area contributed by atoms with Crippen molar-refractivity contribution in [3.63, 3.8) is 0 Å². The first-order chi connectivity index (χ1) is 15.5. The summed E-state index contributed by atoms with van der Waals surface area (Å²) in [5.74, 6) is 0.289. The van der Waals surface area contributed by atoms with Crippen molar-refractivity contribution < 1.29 is 9.53 Å². The van der Waals surface area contributed by atoms with Crippen LogP contribution in [-0.4, -0.2) is 20.5 Å². The molecule has 0 unspecified atom stereocenters. The van der Waals surface area contributed by atoms with E-state index in [0.29, 0.717) is 26.4 Å². The van der Waals surface area contributed by atoms with Gasteiger partial charge < -0.3 is 14.3 Å². The summed E-state index contributed by atoms with van der Waals surface area (Å²) in [5, 5.41) is 2.33. The highest BCUT2D eigenvalue weighted by atomic mass is 35.5. The van der Waals surface area contributed by atoms with E-state index in [4.69, 9.17) is 39.5 Å². The summed E-state index contributed by atoms with van der Waals surface area (Å²) >= 11 is 18.5. The van der Waals surface area contributed by atoms with Crippen LogP contribution in [0.5, 0.6) is 0 Å². The third kappa shape index (κ3) is 4.07. The zero-order valence-electron chi connectivity index (χ0n) is 16.6. The average Bonchev–Trinajstić information content (AvgIpc) is 3.34. The van der Waals surface area contributed by atoms with Gasteiger partial charge in [0.1, 0.15) is 19.0 Å². The van der Waals surface area contributed by atoms with Crippen molar-refractivity contribution in [2.24, 2.45) is 0 Å². The number of H-pyrrole nitrogens is 1. The minimum absolute atomic E-state index is 0.0584. The molecule has 5 aromatic rings.